The average Bonchev–Trinajstić information content (AvgIpc) is 2.83. The fourth-order valence-corrected chi connectivity index (χ4v) is 4.37. The van der Waals surface area contributed by atoms with Crippen molar-refractivity contribution in [3.8, 4) is 11.1 Å². The van der Waals surface area contributed by atoms with Gasteiger partial charge in [-0.1, -0.05) is 54.6 Å². The number of hydrogen-bond acceptors (Lipinski definition) is 3. The minimum Gasteiger partial charge on any atom is -0.322 e. The molecular weight excluding hydrogens is 458 g/mol. The molecule has 0 aliphatic heterocycles. The molecule has 34 heavy (non-hydrogen) atoms. The van der Waals surface area contributed by atoms with Crippen LogP contribution in [0.2, 0.25) is 0 Å². The molecule has 5 nitrogen and oxygen atoms in total. The lowest BCUT2D eigenvalue weighted by molar-refractivity contribution is 0.102. The van der Waals surface area contributed by atoms with Crippen LogP contribution in [0.15, 0.2) is 102 Å². The van der Waals surface area contributed by atoms with Crippen molar-refractivity contribution in [3.63, 3.8) is 0 Å². The maximum absolute atomic E-state index is 13.4. The maximum Gasteiger partial charge on any atom is 0.255 e. The van der Waals surface area contributed by atoms with E-state index in [9.17, 15) is 22.0 Å². The molecule has 0 saturated heterocycles. The van der Waals surface area contributed by atoms with Crippen LogP contribution >= 0.6 is 0 Å². The summed E-state index contributed by atoms with van der Waals surface area (Å²) in [7, 11) is -3.70. The Morgan fingerprint density at radius 1 is 0.735 bits per heavy atom. The Morgan fingerprint density at radius 3 is 2.09 bits per heavy atom. The van der Waals surface area contributed by atoms with E-state index in [-0.39, 0.29) is 22.7 Å². The highest BCUT2D eigenvalue weighted by molar-refractivity contribution is 7.89. The number of anilines is 1. The molecule has 0 saturated carbocycles. The topological polar surface area (TPSA) is 75.3 Å². The number of halogens is 2. The number of carbonyl (C=O) groups is 1. The molecule has 0 aliphatic carbocycles. The zero-order chi connectivity index (χ0) is 24.1. The Morgan fingerprint density at radius 2 is 1.41 bits per heavy atom. The molecule has 0 bridgehead atoms. The van der Waals surface area contributed by atoms with E-state index in [1.165, 1.54) is 12.1 Å². The van der Waals surface area contributed by atoms with Gasteiger partial charge in [-0.05, 0) is 53.1 Å². The molecule has 0 unspecified atom stereocenters. The molecule has 4 aromatic carbocycles. The van der Waals surface area contributed by atoms with Gasteiger partial charge in [-0.3, -0.25) is 4.79 Å². The third kappa shape index (κ3) is 5.72. The van der Waals surface area contributed by atoms with Gasteiger partial charge in [-0.25, -0.2) is 21.9 Å². The van der Waals surface area contributed by atoms with E-state index < -0.39 is 27.6 Å². The van der Waals surface area contributed by atoms with Gasteiger partial charge in [-0.2, -0.15) is 0 Å². The summed E-state index contributed by atoms with van der Waals surface area (Å²) >= 11 is 0. The van der Waals surface area contributed by atoms with Crippen molar-refractivity contribution in [2.24, 2.45) is 0 Å². The van der Waals surface area contributed by atoms with Crippen molar-refractivity contribution in [2.75, 3.05) is 5.32 Å². The third-order valence-corrected chi connectivity index (χ3v) is 6.47. The summed E-state index contributed by atoms with van der Waals surface area (Å²) in [6, 6.07) is 24.9. The van der Waals surface area contributed by atoms with Gasteiger partial charge in [0.2, 0.25) is 10.0 Å². The molecule has 0 radical (unpaired) electrons. The largest absolute Gasteiger partial charge is 0.322 e. The van der Waals surface area contributed by atoms with E-state index >= 15 is 0 Å². The van der Waals surface area contributed by atoms with Crippen molar-refractivity contribution < 1.29 is 22.0 Å². The molecule has 0 spiro atoms. The highest BCUT2D eigenvalue weighted by atomic mass is 32.2. The zero-order valence-corrected chi connectivity index (χ0v) is 18.7. The predicted octanol–water partition coefficient (Wildman–Crippen LogP) is 5.36. The Hall–Kier alpha value is -3.88. The second-order valence-electron chi connectivity index (χ2n) is 7.53. The van der Waals surface area contributed by atoms with Crippen LogP contribution in [0.5, 0.6) is 0 Å². The first kappa shape index (κ1) is 23.3. The second-order valence-corrected chi connectivity index (χ2v) is 9.29. The smallest absolute Gasteiger partial charge is 0.255 e. The summed E-state index contributed by atoms with van der Waals surface area (Å²) in [6.45, 7) is 0.178. The van der Waals surface area contributed by atoms with E-state index in [4.69, 9.17) is 0 Å². The van der Waals surface area contributed by atoms with Crippen LogP contribution in [0.25, 0.3) is 11.1 Å². The van der Waals surface area contributed by atoms with Crippen LogP contribution in [-0.4, -0.2) is 14.3 Å². The summed E-state index contributed by atoms with van der Waals surface area (Å²) in [5.41, 5.74) is 2.51. The molecular formula is C26H20F2N2O3S. The molecule has 4 aromatic rings. The first-order chi connectivity index (χ1) is 16.3. The standard InChI is InChI=1S/C26H20F2N2O3S/c27-22-14-23(28)16-24(15-22)30-26(31)21-8-4-7-20(13-21)19-9-11-25(12-10-19)34(32,33)29-17-18-5-2-1-3-6-18/h1-16,29H,17H2,(H,30,31). The summed E-state index contributed by atoms with van der Waals surface area (Å²) in [4.78, 5) is 12.7. The van der Waals surface area contributed by atoms with Crippen molar-refractivity contribution in [2.45, 2.75) is 11.4 Å². The van der Waals surface area contributed by atoms with Gasteiger partial charge in [0.15, 0.2) is 0 Å². The van der Waals surface area contributed by atoms with Gasteiger partial charge in [0.25, 0.3) is 5.91 Å². The van der Waals surface area contributed by atoms with E-state index in [1.54, 1.807) is 36.4 Å². The molecule has 0 fully saturated rings. The van der Waals surface area contributed by atoms with Gasteiger partial charge in [-0.15, -0.1) is 0 Å². The number of hydrogen-bond donors (Lipinski definition) is 2. The zero-order valence-electron chi connectivity index (χ0n) is 17.8. The minimum atomic E-state index is -3.70. The molecule has 0 aliphatic rings. The predicted molar refractivity (Wildman–Crippen MR) is 127 cm³/mol. The Kier molecular flexibility index (Phi) is 6.81. The number of nitrogens with one attached hydrogen (secondary N) is 2. The lowest BCUT2D eigenvalue weighted by atomic mass is 10.0. The number of carbonyl (C=O) groups excluding carboxylic acids is 1. The summed E-state index contributed by atoms with van der Waals surface area (Å²) in [5.74, 6) is -2.12. The van der Waals surface area contributed by atoms with Crippen molar-refractivity contribution in [3.05, 3.63) is 120 Å². The highest BCUT2D eigenvalue weighted by Gasteiger charge is 2.14. The number of rotatable bonds is 7. The highest BCUT2D eigenvalue weighted by Crippen LogP contribution is 2.23. The monoisotopic (exact) mass is 478 g/mol. The lowest BCUT2D eigenvalue weighted by Crippen LogP contribution is -2.23. The fraction of sp³-hybridized carbons (Fsp3) is 0.0385. The summed E-state index contributed by atoms with van der Waals surface area (Å²) < 4.78 is 54.5. The van der Waals surface area contributed by atoms with Crippen LogP contribution in [0.1, 0.15) is 15.9 Å². The number of benzene rings is 4. The molecule has 2 N–H and O–H groups in total. The quantitative estimate of drug-likeness (QED) is 0.375. The minimum absolute atomic E-state index is 0.00506. The van der Waals surface area contributed by atoms with Gasteiger partial charge >= 0.3 is 0 Å². The second kappa shape index (κ2) is 9.94. The van der Waals surface area contributed by atoms with Crippen molar-refractivity contribution in [1.82, 2.24) is 4.72 Å². The van der Waals surface area contributed by atoms with Gasteiger partial charge in [0.05, 0.1) is 4.90 Å². The van der Waals surface area contributed by atoms with E-state index in [0.717, 1.165) is 23.8 Å². The molecule has 8 heteroatoms. The van der Waals surface area contributed by atoms with Crippen LogP contribution in [0.4, 0.5) is 14.5 Å². The normalized spacial score (nSPS) is 11.2. The van der Waals surface area contributed by atoms with Crippen LogP contribution < -0.4 is 10.0 Å². The van der Waals surface area contributed by atoms with Crippen LogP contribution in [0, 0.1) is 11.6 Å². The van der Waals surface area contributed by atoms with E-state index in [2.05, 4.69) is 10.0 Å². The summed E-state index contributed by atoms with van der Waals surface area (Å²) in [5, 5.41) is 2.47. The van der Waals surface area contributed by atoms with Crippen LogP contribution in [0.3, 0.4) is 0 Å². The van der Waals surface area contributed by atoms with Gasteiger partial charge < -0.3 is 5.32 Å². The number of sulfonamides is 1. The Balaban J connectivity index is 1.48. The molecule has 4 rings (SSSR count). The first-order valence-corrected chi connectivity index (χ1v) is 11.8. The molecule has 0 heterocycles. The van der Waals surface area contributed by atoms with E-state index in [0.29, 0.717) is 11.1 Å². The fourth-order valence-electron chi connectivity index (χ4n) is 3.35. The molecule has 0 aromatic heterocycles. The van der Waals surface area contributed by atoms with Crippen LogP contribution in [-0.2, 0) is 16.6 Å². The lowest BCUT2D eigenvalue weighted by Gasteiger charge is -2.10. The molecule has 0 atom stereocenters. The van der Waals surface area contributed by atoms with Gasteiger partial charge in [0.1, 0.15) is 11.6 Å². The summed E-state index contributed by atoms with van der Waals surface area (Å²) in [6.07, 6.45) is 0. The first-order valence-electron chi connectivity index (χ1n) is 10.3. The SMILES string of the molecule is O=C(Nc1cc(F)cc(F)c1)c1cccc(-c2ccc(S(=O)(=O)NCc3ccccc3)cc2)c1. The molecule has 1 amide bonds. The Labute approximate surface area is 196 Å². The van der Waals surface area contributed by atoms with E-state index in [1.807, 2.05) is 30.3 Å². The average molecular weight is 479 g/mol. The third-order valence-electron chi connectivity index (χ3n) is 5.05. The maximum atomic E-state index is 13.4. The Bertz CT molecular complexity index is 1400. The van der Waals surface area contributed by atoms with Crippen molar-refractivity contribution >= 4 is 21.6 Å². The molecule has 172 valence electrons. The van der Waals surface area contributed by atoms with Crippen molar-refractivity contribution in [1.29, 1.82) is 0 Å². The number of amides is 1. The van der Waals surface area contributed by atoms with Gasteiger partial charge in [0, 0.05) is 23.9 Å².